The van der Waals surface area contributed by atoms with Crippen LogP contribution >= 0.6 is 0 Å². The molecule has 1 rings (SSSR count). The van der Waals surface area contributed by atoms with E-state index in [1.807, 2.05) is 6.92 Å². The third kappa shape index (κ3) is 2.71. The fraction of sp³-hybridized carbons (Fsp3) is 1.00. The van der Waals surface area contributed by atoms with E-state index in [9.17, 15) is 8.42 Å². The second-order valence-electron chi connectivity index (χ2n) is 2.94. The summed E-state index contributed by atoms with van der Waals surface area (Å²) in [7, 11) is -3.53. The molecule has 1 unspecified atom stereocenters. The van der Waals surface area contributed by atoms with E-state index >= 15 is 0 Å². The van der Waals surface area contributed by atoms with E-state index in [4.69, 9.17) is 9.88 Å². The second-order valence-corrected chi connectivity index (χ2v) is 4.48. The highest BCUT2D eigenvalue weighted by molar-refractivity contribution is 7.86. The molecular formula is C6H14N2O3S. The maximum Gasteiger partial charge on any atom is 0.276 e. The molecule has 5 nitrogen and oxygen atoms in total. The summed E-state index contributed by atoms with van der Waals surface area (Å²) >= 11 is 0. The smallest absolute Gasteiger partial charge is 0.276 e. The van der Waals surface area contributed by atoms with Crippen molar-refractivity contribution >= 4 is 10.2 Å². The molecule has 1 aliphatic heterocycles. The Morgan fingerprint density at radius 1 is 1.58 bits per heavy atom. The summed E-state index contributed by atoms with van der Waals surface area (Å²) in [6.07, 6.45) is 0.645. The Morgan fingerprint density at radius 3 is 2.83 bits per heavy atom. The van der Waals surface area contributed by atoms with Crippen LogP contribution in [0.3, 0.4) is 0 Å². The van der Waals surface area contributed by atoms with Gasteiger partial charge in [0, 0.05) is 19.7 Å². The Bertz CT molecular complexity index is 239. The highest BCUT2D eigenvalue weighted by Crippen LogP contribution is 2.06. The Balaban J connectivity index is 2.65. The Hall–Kier alpha value is -0.170. The lowest BCUT2D eigenvalue weighted by Gasteiger charge is -2.18. The van der Waals surface area contributed by atoms with Gasteiger partial charge in [-0.25, -0.2) is 5.14 Å². The number of rotatable bonds is 1. The summed E-state index contributed by atoms with van der Waals surface area (Å²) in [6, 6.07) is 0. The van der Waals surface area contributed by atoms with Gasteiger partial charge in [-0.15, -0.1) is 0 Å². The summed E-state index contributed by atoms with van der Waals surface area (Å²) in [6.45, 7) is 3.26. The SMILES string of the molecule is CC1CN(S(N)(=O)=O)CCCO1. The average molecular weight is 194 g/mol. The van der Waals surface area contributed by atoms with Gasteiger partial charge in [0.05, 0.1) is 6.10 Å². The molecule has 1 fully saturated rings. The standard InChI is InChI=1S/C6H14N2O3S/c1-6-5-8(12(7,9)10)3-2-4-11-6/h6H,2-5H2,1H3,(H2,7,9,10). The van der Waals surface area contributed by atoms with Gasteiger partial charge in [0.15, 0.2) is 0 Å². The second kappa shape index (κ2) is 3.69. The van der Waals surface area contributed by atoms with Gasteiger partial charge < -0.3 is 4.74 Å². The summed E-state index contributed by atoms with van der Waals surface area (Å²) < 4.78 is 28.4. The van der Waals surface area contributed by atoms with Gasteiger partial charge in [-0.05, 0) is 13.3 Å². The maximum atomic E-state index is 10.9. The molecule has 0 saturated carbocycles. The first-order valence-electron chi connectivity index (χ1n) is 3.89. The van der Waals surface area contributed by atoms with Crippen molar-refractivity contribution in [2.75, 3.05) is 19.7 Å². The molecular weight excluding hydrogens is 180 g/mol. The molecule has 0 bridgehead atoms. The minimum Gasteiger partial charge on any atom is -0.377 e. The quantitative estimate of drug-likeness (QED) is 0.600. The molecule has 2 N–H and O–H groups in total. The molecule has 0 aromatic carbocycles. The van der Waals surface area contributed by atoms with E-state index in [0.29, 0.717) is 26.1 Å². The maximum absolute atomic E-state index is 10.9. The van der Waals surface area contributed by atoms with E-state index in [1.54, 1.807) is 0 Å². The predicted octanol–water partition coefficient (Wildman–Crippen LogP) is -0.699. The highest BCUT2D eigenvalue weighted by Gasteiger charge is 2.22. The summed E-state index contributed by atoms with van der Waals surface area (Å²) in [4.78, 5) is 0. The van der Waals surface area contributed by atoms with Gasteiger partial charge in [-0.2, -0.15) is 12.7 Å². The van der Waals surface area contributed by atoms with E-state index in [1.165, 1.54) is 4.31 Å². The Kier molecular flexibility index (Phi) is 3.05. The summed E-state index contributed by atoms with van der Waals surface area (Å²) in [5, 5.41) is 4.98. The molecule has 6 heteroatoms. The first kappa shape index (κ1) is 9.91. The third-order valence-electron chi connectivity index (χ3n) is 1.77. The topological polar surface area (TPSA) is 72.6 Å². The van der Waals surface area contributed by atoms with Crippen LogP contribution in [-0.4, -0.2) is 38.5 Å². The number of nitrogens with zero attached hydrogens (tertiary/aromatic N) is 1. The summed E-state index contributed by atoms with van der Waals surface area (Å²) in [5.74, 6) is 0. The largest absolute Gasteiger partial charge is 0.377 e. The number of hydrogen-bond donors (Lipinski definition) is 1. The van der Waals surface area contributed by atoms with Crippen LogP contribution < -0.4 is 5.14 Å². The van der Waals surface area contributed by atoms with Crippen molar-refractivity contribution in [1.29, 1.82) is 0 Å². The molecule has 12 heavy (non-hydrogen) atoms. The molecule has 1 saturated heterocycles. The number of nitrogens with two attached hydrogens (primary N) is 1. The molecule has 0 radical (unpaired) electrons. The lowest BCUT2D eigenvalue weighted by Crippen LogP contribution is -2.40. The molecule has 0 spiro atoms. The molecule has 1 aliphatic rings. The fourth-order valence-corrected chi connectivity index (χ4v) is 1.99. The summed E-state index contributed by atoms with van der Waals surface area (Å²) in [5.41, 5.74) is 0. The molecule has 1 heterocycles. The van der Waals surface area contributed by atoms with Crippen LogP contribution in [0.4, 0.5) is 0 Å². The van der Waals surface area contributed by atoms with Crippen molar-refractivity contribution in [2.45, 2.75) is 19.4 Å². The van der Waals surface area contributed by atoms with Gasteiger partial charge in [0.25, 0.3) is 10.2 Å². The number of ether oxygens (including phenoxy) is 1. The van der Waals surface area contributed by atoms with E-state index < -0.39 is 10.2 Å². The zero-order valence-corrected chi connectivity index (χ0v) is 7.88. The van der Waals surface area contributed by atoms with Gasteiger partial charge in [0.2, 0.25) is 0 Å². The highest BCUT2D eigenvalue weighted by atomic mass is 32.2. The minimum atomic E-state index is -3.53. The minimum absolute atomic E-state index is 0.0641. The van der Waals surface area contributed by atoms with Crippen molar-refractivity contribution in [3.63, 3.8) is 0 Å². The monoisotopic (exact) mass is 194 g/mol. The van der Waals surface area contributed by atoms with Crippen LogP contribution in [0.15, 0.2) is 0 Å². The Labute approximate surface area is 72.7 Å². The van der Waals surface area contributed by atoms with Crippen LogP contribution in [0.2, 0.25) is 0 Å². The normalized spacial score (nSPS) is 28.3. The van der Waals surface area contributed by atoms with Gasteiger partial charge in [0.1, 0.15) is 0 Å². The number of hydrogen-bond acceptors (Lipinski definition) is 3. The zero-order valence-electron chi connectivity index (χ0n) is 7.06. The lowest BCUT2D eigenvalue weighted by atomic mass is 10.4. The molecule has 0 amide bonds. The van der Waals surface area contributed by atoms with Crippen LogP contribution in [0.25, 0.3) is 0 Å². The fourth-order valence-electron chi connectivity index (χ4n) is 1.19. The molecule has 0 aromatic rings. The van der Waals surface area contributed by atoms with Crippen LogP contribution in [0.5, 0.6) is 0 Å². The molecule has 0 aliphatic carbocycles. The van der Waals surface area contributed by atoms with Crippen molar-refractivity contribution < 1.29 is 13.2 Å². The van der Waals surface area contributed by atoms with Gasteiger partial charge >= 0.3 is 0 Å². The van der Waals surface area contributed by atoms with Crippen molar-refractivity contribution in [3.8, 4) is 0 Å². The molecule has 0 aromatic heterocycles. The predicted molar refractivity (Wildman–Crippen MR) is 44.7 cm³/mol. The van der Waals surface area contributed by atoms with Crippen LogP contribution in [-0.2, 0) is 14.9 Å². The zero-order chi connectivity index (χ0) is 9.19. The van der Waals surface area contributed by atoms with E-state index in [2.05, 4.69) is 0 Å². The van der Waals surface area contributed by atoms with Gasteiger partial charge in [-0.1, -0.05) is 0 Å². The molecule has 1 atom stereocenters. The first-order valence-corrected chi connectivity index (χ1v) is 5.40. The first-order chi connectivity index (χ1) is 5.50. The molecule has 72 valence electrons. The average Bonchev–Trinajstić information content (AvgIpc) is 2.11. The van der Waals surface area contributed by atoms with E-state index in [-0.39, 0.29) is 6.10 Å². The van der Waals surface area contributed by atoms with Crippen molar-refractivity contribution in [2.24, 2.45) is 5.14 Å². The third-order valence-corrected chi connectivity index (χ3v) is 2.83. The van der Waals surface area contributed by atoms with E-state index in [0.717, 1.165) is 0 Å². The van der Waals surface area contributed by atoms with Gasteiger partial charge in [-0.3, -0.25) is 0 Å². The lowest BCUT2D eigenvalue weighted by molar-refractivity contribution is 0.0752. The van der Waals surface area contributed by atoms with Crippen LogP contribution in [0.1, 0.15) is 13.3 Å². The van der Waals surface area contributed by atoms with Crippen LogP contribution in [0, 0.1) is 0 Å². The van der Waals surface area contributed by atoms with Crippen molar-refractivity contribution in [1.82, 2.24) is 4.31 Å². The Morgan fingerprint density at radius 2 is 2.25 bits per heavy atom. The van der Waals surface area contributed by atoms with Crippen molar-refractivity contribution in [3.05, 3.63) is 0 Å².